The zero-order chi connectivity index (χ0) is 12.4. The molecule has 2 fully saturated rings. The van der Waals surface area contributed by atoms with Crippen LogP contribution in [-0.2, 0) is 10.0 Å². The fourth-order valence-corrected chi connectivity index (χ4v) is 5.34. The van der Waals surface area contributed by atoms with Crippen molar-refractivity contribution < 1.29 is 8.42 Å². The highest BCUT2D eigenvalue weighted by Gasteiger charge is 2.33. The molecule has 0 radical (unpaired) electrons. The van der Waals surface area contributed by atoms with Crippen LogP contribution in [-0.4, -0.2) is 43.8 Å². The average Bonchev–Trinajstić information content (AvgIpc) is 2.76. The third-order valence-corrected chi connectivity index (χ3v) is 7.00. The number of piperidine rings is 1. The van der Waals surface area contributed by atoms with Crippen molar-refractivity contribution in [1.29, 1.82) is 0 Å². The van der Waals surface area contributed by atoms with Crippen LogP contribution in [0.5, 0.6) is 0 Å². The summed E-state index contributed by atoms with van der Waals surface area (Å²) in [5.41, 5.74) is 0. The number of nitrogens with one attached hydrogen (secondary N) is 2. The van der Waals surface area contributed by atoms with Crippen LogP contribution in [0.15, 0.2) is 0 Å². The van der Waals surface area contributed by atoms with E-state index in [9.17, 15) is 8.42 Å². The summed E-state index contributed by atoms with van der Waals surface area (Å²) in [4.78, 5) is 0. The molecule has 100 valence electrons. The average molecular weight is 278 g/mol. The van der Waals surface area contributed by atoms with Gasteiger partial charge in [0.15, 0.2) is 0 Å². The molecule has 2 saturated heterocycles. The highest BCUT2D eigenvalue weighted by molar-refractivity contribution is 8.01. The number of sulfonamides is 1. The molecule has 2 unspecified atom stereocenters. The van der Waals surface area contributed by atoms with Crippen LogP contribution >= 0.6 is 11.8 Å². The Morgan fingerprint density at radius 3 is 2.88 bits per heavy atom. The molecule has 2 aliphatic rings. The van der Waals surface area contributed by atoms with Gasteiger partial charge in [-0.15, -0.1) is 0 Å². The lowest BCUT2D eigenvalue weighted by molar-refractivity contribution is 0.484. The molecular formula is C11H22N2O2S2. The summed E-state index contributed by atoms with van der Waals surface area (Å²) >= 11 is 1.89. The van der Waals surface area contributed by atoms with Crippen molar-refractivity contribution in [3.63, 3.8) is 0 Å². The molecule has 0 saturated carbocycles. The quantitative estimate of drug-likeness (QED) is 0.804. The van der Waals surface area contributed by atoms with Gasteiger partial charge in [-0.25, -0.2) is 13.1 Å². The molecule has 2 N–H and O–H groups in total. The molecular weight excluding hydrogens is 256 g/mol. The van der Waals surface area contributed by atoms with Crippen molar-refractivity contribution in [1.82, 2.24) is 10.0 Å². The Kier molecular flexibility index (Phi) is 4.39. The van der Waals surface area contributed by atoms with Crippen LogP contribution in [0.4, 0.5) is 0 Å². The van der Waals surface area contributed by atoms with E-state index in [1.165, 1.54) is 6.42 Å². The summed E-state index contributed by atoms with van der Waals surface area (Å²) in [6.45, 7) is 4.28. The van der Waals surface area contributed by atoms with Gasteiger partial charge in [-0.3, -0.25) is 0 Å². The molecule has 0 aliphatic carbocycles. The SMILES string of the molecule is CC1(CNS(=O)(=O)C2CCCNC2)CCCS1. The predicted molar refractivity (Wildman–Crippen MR) is 72.9 cm³/mol. The molecule has 4 nitrogen and oxygen atoms in total. The summed E-state index contributed by atoms with van der Waals surface area (Å²) in [5, 5.41) is 2.91. The van der Waals surface area contributed by atoms with Gasteiger partial charge in [0.2, 0.25) is 10.0 Å². The van der Waals surface area contributed by atoms with E-state index in [2.05, 4.69) is 17.0 Å². The van der Waals surface area contributed by atoms with Gasteiger partial charge >= 0.3 is 0 Å². The normalized spacial score (nSPS) is 35.0. The molecule has 0 aromatic heterocycles. The van der Waals surface area contributed by atoms with Gasteiger partial charge in [0.25, 0.3) is 0 Å². The Labute approximate surface area is 108 Å². The minimum atomic E-state index is -3.13. The van der Waals surface area contributed by atoms with Gasteiger partial charge in [-0.1, -0.05) is 0 Å². The van der Waals surface area contributed by atoms with E-state index in [1.807, 2.05) is 11.8 Å². The smallest absolute Gasteiger partial charge is 0.215 e. The Morgan fingerprint density at radius 1 is 1.47 bits per heavy atom. The predicted octanol–water partition coefficient (Wildman–Crippen LogP) is 0.943. The van der Waals surface area contributed by atoms with Gasteiger partial charge in [0, 0.05) is 17.8 Å². The van der Waals surface area contributed by atoms with E-state index in [0.29, 0.717) is 13.1 Å². The number of rotatable bonds is 4. The van der Waals surface area contributed by atoms with Gasteiger partial charge in [0.1, 0.15) is 0 Å². The number of hydrogen-bond donors (Lipinski definition) is 2. The fourth-order valence-electron chi connectivity index (χ4n) is 2.43. The minimum Gasteiger partial charge on any atom is -0.315 e. The van der Waals surface area contributed by atoms with E-state index < -0.39 is 10.0 Å². The molecule has 0 spiro atoms. The summed E-state index contributed by atoms with van der Waals surface area (Å²) in [7, 11) is -3.13. The second-order valence-electron chi connectivity index (χ2n) is 5.24. The summed E-state index contributed by atoms with van der Waals surface area (Å²) in [6, 6.07) is 0. The van der Waals surface area contributed by atoms with Crippen molar-refractivity contribution >= 4 is 21.8 Å². The van der Waals surface area contributed by atoms with E-state index in [1.54, 1.807) is 0 Å². The summed E-state index contributed by atoms with van der Waals surface area (Å²) in [5.74, 6) is 1.16. The molecule has 0 amide bonds. The Balaban J connectivity index is 1.88. The zero-order valence-corrected chi connectivity index (χ0v) is 12.0. The minimum absolute atomic E-state index is 0.106. The maximum atomic E-state index is 12.1. The van der Waals surface area contributed by atoms with Crippen molar-refractivity contribution in [2.24, 2.45) is 0 Å². The summed E-state index contributed by atoms with van der Waals surface area (Å²) in [6.07, 6.45) is 4.06. The Morgan fingerprint density at radius 2 is 2.29 bits per heavy atom. The second kappa shape index (κ2) is 5.47. The first-order chi connectivity index (χ1) is 8.02. The lowest BCUT2D eigenvalue weighted by Crippen LogP contribution is -2.47. The third-order valence-electron chi connectivity index (χ3n) is 3.64. The van der Waals surface area contributed by atoms with Crippen LogP contribution in [0.1, 0.15) is 32.6 Å². The monoisotopic (exact) mass is 278 g/mol. The largest absolute Gasteiger partial charge is 0.315 e. The summed E-state index contributed by atoms with van der Waals surface area (Å²) < 4.78 is 27.2. The molecule has 2 rings (SSSR count). The molecule has 2 atom stereocenters. The first-order valence-corrected chi connectivity index (χ1v) is 8.88. The van der Waals surface area contributed by atoms with Gasteiger partial charge in [0.05, 0.1) is 5.25 Å². The Bertz CT molecular complexity index is 344. The lowest BCUT2D eigenvalue weighted by atomic mass is 10.1. The first-order valence-electron chi connectivity index (χ1n) is 6.35. The number of thioether (sulfide) groups is 1. The Hall–Kier alpha value is 0.220. The van der Waals surface area contributed by atoms with Gasteiger partial charge in [-0.2, -0.15) is 11.8 Å². The fraction of sp³-hybridized carbons (Fsp3) is 1.00. The van der Waals surface area contributed by atoms with E-state index in [-0.39, 0.29) is 10.00 Å². The van der Waals surface area contributed by atoms with Crippen molar-refractivity contribution in [3.05, 3.63) is 0 Å². The molecule has 0 aromatic carbocycles. The first kappa shape index (κ1) is 13.6. The van der Waals surface area contributed by atoms with Gasteiger partial charge in [-0.05, 0) is 44.9 Å². The molecule has 0 aromatic rings. The van der Waals surface area contributed by atoms with Crippen LogP contribution in [0.2, 0.25) is 0 Å². The van der Waals surface area contributed by atoms with E-state index in [4.69, 9.17) is 0 Å². The van der Waals surface area contributed by atoms with Crippen molar-refractivity contribution in [3.8, 4) is 0 Å². The highest BCUT2D eigenvalue weighted by atomic mass is 32.2. The van der Waals surface area contributed by atoms with Crippen molar-refractivity contribution in [2.75, 3.05) is 25.4 Å². The van der Waals surface area contributed by atoms with Crippen molar-refractivity contribution in [2.45, 2.75) is 42.6 Å². The zero-order valence-electron chi connectivity index (χ0n) is 10.4. The van der Waals surface area contributed by atoms with E-state index in [0.717, 1.165) is 31.6 Å². The lowest BCUT2D eigenvalue weighted by Gasteiger charge is -2.27. The molecule has 6 heteroatoms. The number of hydrogen-bond acceptors (Lipinski definition) is 4. The second-order valence-corrected chi connectivity index (χ2v) is 8.96. The van der Waals surface area contributed by atoms with Crippen LogP contribution in [0, 0.1) is 0 Å². The van der Waals surface area contributed by atoms with Crippen LogP contribution in [0.3, 0.4) is 0 Å². The van der Waals surface area contributed by atoms with Gasteiger partial charge < -0.3 is 5.32 Å². The third kappa shape index (κ3) is 3.59. The molecule has 2 aliphatic heterocycles. The molecule has 0 bridgehead atoms. The van der Waals surface area contributed by atoms with E-state index >= 15 is 0 Å². The molecule has 17 heavy (non-hydrogen) atoms. The highest BCUT2D eigenvalue weighted by Crippen LogP contribution is 2.37. The maximum Gasteiger partial charge on any atom is 0.215 e. The van der Waals surface area contributed by atoms with Crippen LogP contribution in [0.25, 0.3) is 0 Å². The maximum absolute atomic E-state index is 12.1. The van der Waals surface area contributed by atoms with Crippen LogP contribution < -0.4 is 10.0 Å². The molecule has 2 heterocycles. The standard InChI is InChI=1S/C11H22N2O2S2/c1-11(5-3-7-16-11)9-13-17(14,15)10-4-2-6-12-8-10/h10,12-13H,2-9H2,1H3. The topological polar surface area (TPSA) is 58.2 Å².